The second kappa shape index (κ2) is 4.29. The summed E-state index contributed by atoms with van der Waals surface area (Å²) in [5.74, 6) is -0.309. The fourth-order valence-corrected chi connectivity index (χ4v) is 3.12. The average molecular weight is 286 g/mol. The van der Waals surface area contributed by atoms with Crippen LogP contribution in [-0.2, 0) is 22.7 Å². The molecular weight excluding hydrogens is 272 g/mol. The summed E-state index contributed by atoms with van der Waals surface area (Å²) in [6.07, 6.45) is 5.90. The average Bonchev–Trinajstić information content (AvgIpc) is 3.05. The maximum Gasteiger partial charge on any atom is 0.352 e. The number of imidazole rings is 1. The van der Waals surface area contributed by atoms with Crippen LogP contribution in [0.15, 0.2) is 23.5 Å². The Morgan fingerprint density at radius 1 is 1.52 bits per heavy atom. The molecule has 1 aromatic heterocycles. The minimum atomic E-state index is -1.05. The van der Waals surface area contributed by atoms with Gasteiger partial charge in [-0.15, -0.1) is 0 Å². The molecule has 1 aromatic rings. The molecule has 4 rings (SSSR count). The topological polar surface area (TPSA) is 87.5 Å². The monoisotopic (exact) mass is 286 g/mol. The lowest BCUT2D eigenvalue weighted by atomic mass is 9.94. The number of aromatic nitrogens is 2. The normalized spacial score (nSPS) is 25.4. The third kappa shape index (κ3) is 1.74. The number of carbonyl (C=O) groups is 2. The van der Waals surface area contributed by atoms with Crippen molar-refractivity contribution in [2.75, 3.05) is 6.54 Å². The Hall–Kier alpha value is -2.41. The van der Waals surface area contributed by atoms with Crippen molar-refractivity contribution >= 4 is 18.0 Å². The Morgan fingerprint density at radius 2 is 2.38 bits per heavy atom. The van der Waals surface area contributed by atoms with Gasteiger partial charge in [0.1, 0.15) is 11.5 Å². The Bertz CT molecular complexity index is 692. The van der Waals surface area contributed by atoms with E-state index in [0.717, 1.165) is 31.2 Å². The van der Waals surface area contributed by atoms with Gasteiger partial charge in [0.2, 0.25) is 0 Å². The lowest BCUT2D eigenvalue weighted by molar-refractivity contribution is -0.142. The van der Waals surface area contributed by atoms with Gasteiger partial charge in [0.25, 0.3) is 5.91 Å². The second-order valence-electron chi connectivity index (χ2n) is 5.37. The molecular formula is C14H14N4O3. The highest BCUT2D eigenvalue weighted by Crippen LogP contribution is 2.38. The summed E-state index contributed by atoms with van der Waals surface area (Å²) >= 11 is 0. The van der Waals surface area contributed by atoms with Gasteiger partial charge in [-0.2, -0.15) is 0 Å². The number of carboxylic acid groups (broad SMARTS) is 1. The van der Waals surface area contributed by atoms with Gasteiger partial charge in [-0.05, 0) is 12.5 Å². The van der Waals surface area contributed by atoms with Crippen LogP contribution in [-0.4, -0.2) is 44.0 Å². The maximum atomic E-state index is 12.1. The molecule has 7 nitrogen and oxygen atoms in total. The third-order valence-corrected chi connectivity index (χ3v) is 4.14. The molecule has 1 atom stereocenters. The predicted octanol–water partition coefficient (Wildman–Crippen LogP) is -0.0473. The molecule has 0 aliphatic carbocycles. The first kappa shape index (κ1) is 12.3. The second-order valence-corrected chi connectivity index (χ2v) is 5.37. The van der Waals surface area contributed by atoms with Crippen molar-refractivity contribution in [1.82, 2.24) is 19.8 Å². The van der Waals surface area contributed by atoms with E-state index in [2.05, 4.69) is 14.9 Å². The van der Waals surface area contributed by atoms with E-state index in [1.165, 1.54) is 4.90 Å². The van der Waals surface area contributed by atoms with Gasteiger partial charge in [0, 0.05) is 24.9 Å². The number of carbonyl (C=O) groups excluding carboxylic acids is 1. The van der Waals surface area contributed by atoms with Crippen LogP contribution in [0.25, 0.3) is 6.08 Å². The van der Waals surface area contributed by atoms with E-state index >= 15 is 0 Å². The fourth-order valence-electron chi connectivity index (χ4n) is 3.12. The first-order valence-corrected chi connectivity index (χ1v) is 6.90. The highest BCUT2D eigenvalue weighted by molar-refractivity contribution is 6.10. The zero-order chi connectivity index (χ0) is 14.6. The van der Waals surface area contributed by atoms with Crippen molar-refractivity contribution in [2.24, 2.45) is 0 Å². The van der Waals surface area contributed by atoms with Crippen LogP contribution in [0.3, 0.4) is 0 Å². The van der Waals surface area contributed by atoms with E-state index in [1.807, 2.05) is 6.20 Å². The SMILES string of the molecule is O=C(O)C1=CCC2/C(=C\c3cn4c(n3)CNCC4)C(=O)N12. The van der Waals surface area contributed by atoms with Gasteiger partial charge < -0.3 is 15.0 Å². The van der Waals surface area contributed by atoms with Crippen LogP contribution in [0.5, 0.6) is 0 Å². The van der Waals surface area contributed by atoms with Gasteiger partial charge in [-0.1, -0.05) is 6.08 Å². The minimum absolute atomic E-state index is 0.0930. The summed E-state index contributed by atoms with van der Waals surface area (Å²) in [5.41, 5.74) is 1.50. The van der Waals surface area contributed by atoms with E-state index in [-0.39, 0.29) is 17.6 Å². The van der Waals surface area contributed by atoms with Crippen molar-refractivity contribution in [3.63, 3.8) is 0 Å². The van der Waals surface area contributed by atoms with Crippen molar-refractivity contribution in [2.45, 2.75) is 25.6 Å². The fraction of sp³-hybridized carbons (Fsp3) is 0.357. The Balaban J connectivity index is 1.60. The van der Waals surface area contributed by atoms with Crippen molar-refractivity contribution in [3.8, 4) is 0 Å². The molecule has 7 heteroatoms. The van der Waals surface area contributed by atoms with Crippen molar-refractivity contribution < 1.29 is 14.7 Å². The molecule has 0 bridgehead atoms. The zero-order valence-corrected chi connectivity index (χ0v) is 11.2. The van der Waals surface area contributed by atoms with Crippen molar-refractivity contribution in [1.29, 1.82) is 0 Å². The number of aliphatic carboxylic acids is 1. The highest BCUT2D eigenvalue weighted by atomic mass is 16.4. The highest BCUT2D eigenvalue weighted by Gasteiger charge is 2.48. The van der Waals surface area contributed by atoms with Crippen LogP contribution >= 0.6 is 0 Å². The molecule has 0 radical (unpaired) electrons. The number of rotatable bonds is 2. The van der Waals surface area contributed by atoms with Crippen LogP contribution in [0.1, 0.15) is 17.9 Å². The first-order chi connectivity index (χ1) is 10.1. The molecule has 21 heavy (non-hydrogen) atoms. The van der Waals surface area contributed by atoms with Crippen molar-refractivity contribution in [3.05, 3.63) is 35.1 Å². The number of hydrogen-bond acceptors (Lipinski definition) is 4. The number of amides is 1. The summed E-state index contributed by atoms with van der Waals surface area (Å²) in [6.45, 7) is 2.53. The minimum Gasteiger partial charge on any atom is -0.477 e. The number of carboxylic acids is 1. The zero-order valence-electron chi connectivity index (χ0n) is 11.2. The molecule has 0 saturated carbocycles. The quantitative estimate of drug-likeness (QED) is 0.588. The van der Waals surface area contributed by atoms with E-state index < -0.39 is 5.97 Å². The molecule has 0 aromatic carbocycles. The maximum absolute atomic E-state index is 12.1. The first-order valence-electron chi connectivity index (χ1n) is 6.90. The van der Waals surface area contributed by atoms with Gasteiger partial charge in [-0.3, -0.25) is 9.69 Å². The number of nitrogens with zero attached hydrogens (tertiary/aromatic N) is 3. The summed E-state index contributed by atoms with van der Waals surface area (Å²) in [4.78, 5) is 29.0. The molecule has 108 valence electrons. The number of nitrogens with one attached hydrogen (secondary N) is 1. The molecule has 1 saturated heterocycles. The molecule has 3 aliphatic rings. The van der Waals surface area contributed by atoms with Crippen LogP contribution in [0.4, 0.5) is 0 Å². The van der Waals surface area contributed by atoms with E-state index in [4.69, 9.17) is 5.11 Å². The summed E-state index contributed by atoms with van der Waals surface area (Å²) in [6, 6.07) is -0.138. The third-order valence-electron chi connectivity index (χ3n) is 4.14. The predicted molar refractivity (Wildman–Crippen MR) is 72.9 cm³/mol. The lowest BCUT2D eigenvalue weighted by Crippen LogP contribution is -2.52. The summed E-state index contributed by atoms with van der Waals surface area (Å²) in [7, 11) is 0. The largest absolute Gasteiger partial charge is 0.477 e. The van der Waals surface area contributed by atoms with Crippen LogP contribution in [0, 0.1) is 0 Å². The van der Waals surface area contributed by atoms with Gasteiger partial charge in [-0.25, -0.2) is 9.78 Å². The summed E-state index contributed by atoms with van der Waals surface area (Å²) in [5, 5.41) is 12.3. The van der Waals surface area contributed by atoms with E-state index in [9.17, 15) is 9.59 Å². The molecule has 4 heterocycles. The molecule has 0 spiro atoms. The Morgan fingerprint density at radius 3 is 3.14 bits per heavy atom. The number of hydrogen-bond donors (Lipinski definition) is 2. The number of β-lactam (4-membered cyclic amide) rings is 1. The van der Waals surface area contributed by atoms with E-state index in [1.54, 1.807) is 12.2 Å². The molecule has 1 unspecified atom stereocenters. The molecule has 1 fully saturated rings. The van der Waals surface area contributed by atoms with Gasteiger partial charge >= 0.3 is 5.97 Å². The van der Waals surface area contributed by atoms with Crippen LogP contribution < -0.4 is 5.32 Å². The lowest BCUT2D eigenvalue weighted by Gasteiger charge is -2.38. The Labute approximate surface area is 120 Å². The smallest absolute Gasteiger partial charge is 0.352 e. The molecule has 3 aliphatic heterocycles. The molecule has 1 amide bonds. The molecule has 2 N–H and O–H groups in total. The Kier molecular flexibility index (Phi) is 2.52. The standard InChI is InChI=1S/C14H14N4O3/c19-13-9(10-1-2-11(14(20)21)18(10)13)5-8-7-17-4-3-15-6-12(17)16-8/h2,5,7,10,15H,1,3-4,6H2,(H,20,21)/b9-5+. The van der Waals surface area contributed by atoms with Gasteiger partial charge in [0.05, 0.1) is 18.3 Å². The van der Waals surface area contributed by atoms with Crippen LogP contribution in [0.2, 0.25) is 0 Å². The van der Waals surface area contributed by atoms with Gasteiger partial charge in [0.15, 0.2) is 0 Å². The summed E-state index contributed by atoms with van der Waals surface area (Å²) < 4.78 is 2.08. The number of fused-ring (bicyclic) bond motifs is 2. The van der Waals surface area contributed by atoms with E-state index in [0.29, 0.717) is 12.0 Å².